The van der Waals surface area contributed by atoms with E-state index in [0.29, 0.717) is 6.04 Å². The number of rotatable bonds is 12. The maximum atomic E-state index is 5.68. The molecule has 0 saturated heterocycles. The number of nitrogens with one attached hydrogen (secondary N) is 1. The van der Waals surface area contributed by atoms with Gasteiger partial charge in [0.2, 0.25) is 0 Å². The topological polar surface area (TPSA) is 21.3 Å². The van der Waals surface area contributed by atoms with E-state index < -0.39 is 0 Å². The van der Waals surface area contributed by atoms with E-state index in [2.05, 4.69) is 33.0 Å². The molecule has 0 bridgehead atoms. The smallest absolute Gasteiger partial charge is 0.0619 e. The molecule has 0 spiro atoms. The minimum Gasteiger partial charge on any atom is -0.380 e. The van der Waals surface area contributed by atoms with Gasteiger partial charge < -0.3 is 10.1 Å². The summed E-state index contributed by atoms with van der Waals surface area (Å²) < 4.78 is 5.68. The number of likely N-dealkylation sites (N-methyl/N-ethyl adjacent to an activating group) is 1. The lowest BCUT2D eigenvalue weighted by Gasteiger charge is -2.23. The van der Waals surface area contributed by atoms with Crippen LogP contribution in [-0.2, 0) is 4.74 Å². The van der Waals surface area contributed by atoms with Gasteiger partial charge in [-0.1, -0.05) is 53.4 Å². The van der Waals surface area contributed by atoms with Gasteiger partial charge in [0.1, 0.15) is 0 Å². The molecule has 2 unspecified atom stereocenters. The van der Waals surface area contributed by atoms with Gasteiger partial charge in [-0.3, -0.25) is 0 Å². The van der Waals surface area contributed by atoms with Crippen molar-refractivity contribution >= 4 is 0 Å². The molecule has 0 amide bonds. The summed E-state index contributed by atoms with van der Waals surface area (Å²) in [6.07, 6.45) is 7.75. The third kappa shape index (κ3) is 9.61. The van der Waals surface area contributed by atoms with E-state index >= 15 is 0 Å². The van der Waals surface area contributed by atoms with Crippen LogP contribution in [0.2, 0.25) is 0 Å². The van der Waals surface area contributed by atoms with Gasteiger partial charge in [-0.05, 0) is 25.3 Å². The maximum Gasteiger partial charge on any atom is 0.0619 e. The molecule has 17 heavy (non-hydrogen) atoms. The summed E-state index contributed by atoms with van der Waals surface area (Å²) >= 11 is 0. The average Bonchev–Trinajstić information content (AvgIpc) is 2.34. The molecule has 2 heteroatoms. The first kappa shape index (κ1) is 16.9. The fourth-order valence-corrected chi connectivity index (χ4v) is 2.25. The zero-order valence-corrected chi connectivity index (χ0v) is 12.4. The first-order chi connectivity index (χ1) is 8.28. The molecule has 104 valence electrons. The molecule has 0 radical (unpaired) electrons. The second-order valence-electron chi connectivity index (χ2n) is 4.98. The van der Waals surface area contributed by atoms with Crippen LogP contribution in [0.25, 0.3) is 0 Å². The molecule has 0 fully saturated rings. The summed E-state index contributed by atoms with van der Waals surface area (Å²) in [6, 6.07) is 0.549. The van der Waals surface area contributed by atoms with Gasteiger partial charge in [0.05, 0.1) is 6.61 Å². The monoisotopic (exact) mass is 243 g/mol. The Balaban J connectivity index is 3.91. The van der Waals surface area contributed by atoms with Crippen LogP contribution in [0.1, 0.15) is 66.2 Å². The fraction of sp³-hybridized carbons (Fsp3) is 1.00. The highest BCUT2D eigenvalue weighted by Crippen LogP contribution is 2.18. The Morgan fingerprint density at radius 3 is 2.35 bits per heavy atom. The molecule has 2 atom stereocenters. The van der Waals surface area contributed by atoms with Crippen LogP contribution < -0.4 is 5.32 Å². The highest BCUT2D eigenvalue weighted by molar-refractivity contribution is 4.71. The van der Waals surface area contributed by atoms with Crippen molar-refractivity contribution in [3.63, 3.8) is 0 Å². The fourth-order valence-electron chi connectivity index (χ4n) is 2.25. The van der Waals surface area contributed by atoms with Crippen molar-refractivity contribution in [2.45, 2.75) is 72.3 Å². The average molecular weight is 243 g/mol. The first-order valence-corrected chi connectivity index (χ1v) is 7.59. The van der Waals surface area contributed by atoms with E-state index in [0.717, 1.165) is 32.1 Å². The van der Waals surface area contributed by atoms with Crippen molar-refractivity contribution in [3.05, 3.63) is 0 Å². The molecule has 0 aromatic heterocycles. The lowest BCUT2D eigenvalue weighted by atomic mass is 9.92. The number of hydrogen-bond donors (Lipinski definition) is 1. The Morgan fingerprint density at radius 1 is 1.06 bits per heavy atom. The Bertz CT molecular complexity index is 150. The molecule has 1 N–H and O–H groups in total. The Morgan fingerprint density at radius 2 is 1.82 bits per heavy atom. The third-order valence-corrected chi connectivity index (χ3v) is 3.32. The van der Waals surface area contributed by atoms with Crippen LogP contribution in [0.5, 0.6) is 0 Å². The lowest BCUT2D eigenvalue weighted by Crippen LogP contribution is -2.35. The van der Waals surface area contributed by atoms with Gasteiger partial charge in [0.25, 0.3) is 0 Å². The summed E-state index contributed by atoms with van der Waals surface area (Å²) in [4.78, 5) is 0. The van der Waals surface area contributed by atoms with E-state index in [9.17, 15) is 0 Å². The SMILES string of the molecule is CCCCC(CC)CC(COCCC)NCC. The van der Waals surface area contributed by atoms with Crippen molar-refractivity contribution in [3.8, 4) is 0 Å². The van der Waals surface area contributed by atoms with E-state index in [1.54, 1.807) is 0 Å². The predicted octanol–water partition coefficient (Wildman–Crippen LogP) is 4.00. The molecular formula is C15H33NO. The van der Waals surface area contributed by atoms with E-state index in [4.69, 9.17) is 4.74 Å². The molecule has 0 saturated carbocycles. The van der Waals surface area contributed by atoms with Crippen LogP contribution in [-0.4, -0.2) is 25.8 Å². The minimum atomic E-state index is 0.549. The van der Waals surface area contributed by atoms with E-state index in [1.807, 2.05) is 0 Å². The van der Waals surface area contributed by atoms with Crippen LogP contribution in [0.4, 0.5) is 0 Å². The number of ether oxygens (including phenoxy) is 1. The number of hydrogen-bond acceptors (Lipinski definition) is 2. The Labute approximate surface area is 109 Å². The number of unbranched alkanes of at least 4 members (excludes halogenated alkanes) is 1. The van der Waals surface area contributed by atoms with Gasteiger partial charge in [-0.25, -0.2) is 0 Å². The van der Waals surface area contributed by atoms with E-state index in [1.165, 1.54) is 32.1 Å². The maximum absolute atomic E-state index is 5.68. The normalized spacial score (nSPS) is 14.8. The minimum absolute atomic E-state index is 0.549. The van der Waals surface area contributed by atoms with Crippen molar-refractivity contribution in [1.29, 1.82) is 0 Å². The van der Waals surface area contributed by atoms with Crippen molar-refractivity contribution in [2.24, 2.45) is 5.92 Å². The standard InChI is InChI=1S/C15H33NO/c1-5-9-10-14(7-3)12-15(16-8-4)13-17-11-6-2/h14-16H,5-13H2,1-4H3. The largest absolute Gasteiger partial charge is 0.380 e. The summed E-state index contributed by atoms with van der Waals surface area (Å²) in [7, 11) is 0. The molecule has 0 aromatic rings. The summed E-state index contributed by atoms with van der Waals surface area (Å²) in [5, 5.41) is 3.56. The van der Waals surface area contributed by atoms with Crippen LogP contribution in [0.3, 0.4) is 0 Å². The first-order valence-electron chi connectivity index (χ1n) is 7.59. The van der Waals surface area contributed by atoms with Crippen molar-refractivity contribution < 1.29 is 4.74 Å². The zero-order chi connectivity index (χ0) is 12.9. The Kier molecular flexibility index (Phi) is 12.3. The van der Waals surface area contributed by atoms with Crippen molar-refractivity contribution in [1.82, 2.24) is 5.32 Å². The van der Waals surface area contributed by atoms with Crippen LogP contribution in [0, 0.1) is 5.92 Å². The van der Waals surface area contributed by atoms with Gasteiger partial charge in [-0.2, -0.15) is 0 Å². The quantitative estimate of drug-likeness (QED) is 0.523. The summed E-state index contributed by atoms with van der Waals surface area (Å²) in [6.45, 7) is 11.8. The highest BCUT2D eigenvalue weighted by atomic mass is 16.5. The highest BCUT2D eigenvalue weighted by Gasteiger charge is 2.14. The van der Waals surface area contributed by atoms with Crippen LogP contribution in [0.15, 0.2) is 0 Å². The van der Waals surface area contributed by atoms with Gasteiger partial charge in [0, 0.05) is 12.6 Å². The summed E-state index contributed by atoms with van der Waals surface area (Å²) in [5.41, 5.74) is 0. The molecule has 0 aliphatic carbocycles. The summed E-state index contributed by atoms with van der Waals surface area (Å²) in [5.74, 6) is 0.865. The molecule has 2 nitrogen and oxygen atoms in total. The van der Waals surface area contributed by atoms with Gasteiger partial charge in [0.15, 0.2) is 0 Å². The molecule has 0 aliphatic heterocycles. The molecular weight excluding hydrogens is 210 g/mol. The predicted molar refractivity (Wildman–Crippen MR) is 76.5 cm³/mol. The van der Waals surface area contributed by atoms with Gasteiger partial charge in [-0.15, -0.1) is 0 Å². The van der Waals surface area contributed by atoms with Crippen LogP contribution >= 0.6 is 0 Å². The molecule has 0 aromatic carbocycles. The molecule has 0 aliphatic rings. The van der Waals surface area contributed by atoms with Crippen molar-refractivity contribution in [2.75, 3.05) is 19.8 Å². The second-order valence-corrected chi connectivity index (χ2v) is 4.98. The van der Waals surface area contributed by atoms with Gasteiger partial charge >= 0.3 is 0 Å². The van der Waals surface area contributed by atoms with E-state index in [-0.39, 0.29) is 0 Å². The Hall–Kier alpha value is -0.0800. The lowest BCUT2D eigenvalue weighted by molar-refractivity contribution is 0.103. The third-order valence-electron chi connectivity index (χ3n) is 3.32. The molecule has 0 rings (SSSR count). The molecule has 0 heterocycles. The second kappa shape index (κ2) is 12.4. The zero-order valence-electron chi connectivity index (χ0n) is 12.4.